The third-order valence-corrected chi connectivity index (χ3v) is 4.00. The van der Waals surface area contributed by atoms with Gasteiger partial charge in [0, 0.05) is 16.6 Å². The molecule has 1 aromatic rings. The Hall–Kier alpha value is -0.590. The Bertz CT molecular complexity index is 432. The van der Waals surface area contributed by atoms with E-state index in [1.165, 1.54) is 4.90 Å². The van der Waals surface area contributed by atoms with E-state index in [4.69, 9.17) is 5.73 Å². The highest BCUT2D eigenvalue weighted by Gasteiger charge is 2.37. The molecule has 0 spiro atoms. The number of nitrogens with two attached hydrogens (primary N) is 1. The highest BCUT2D eigenvalue weighted by Crippen LogP contribution is 2.31. The molecule has 21 heavy (non-hydrogen) atoms. The van der Waals surface area contributed by atoms with Gasteiger partial charge in [-0.25, -0.2) is 0 Å². The molecule has 1 rings (SSSR count). The maximum atomic E-state index is 12.9. The van der Waals surface area contributed by atoms with Crippen molar-refractivity contribution >= 4 is 15.9 Å². The molecule has 0 amide bonds. The summed E-state index contributed by atoms with van der Waals surface area (Å²) in [4.78, 5) is 1.43. The van der Waals surface area contributed by atoms with Crippen LogP contribution in [0.1, 0.15) is 38.8 Å². The Morgan fingerprint density at radius 3 is 2.10 bits per heavy atom. The number of nitrogens with zero attached hydrogens (tertiary/aromatic N) is 1. The maximum absolute atomic E-state index is 12.9. The topological polar surface area (TPSA) is 29.3 Å². The van der Waals surface area contributed by atoms with Gasteiger partial charge in [0.05, 0.1) is 12.6 Å². The highest BCUT2D eigenvalue weighted by molar-refractivity contribution is 9.10. The van der Waals surface area contributed by atoms with E-state index in [1.807, 2.05) is 31.2 Å². The second-order valence-corrected chi connectivity index (χ2v) is 6.37. The number of hydrogen-bond acceptors (Lipinski definition) is 2. The molecule has 1 aromatic carbocycles. The molecule has 0 bridgehead atoms. The Morgan fingerprint density at radius 1 is 1.19 bits per heavy atom. The van der Waals surface area contributed by atoms with E-state index < -0.39 is 18.8 Å². The van der Waals surface area contributed by atoms with Gasteiger partial charge in [0.2, 0.25) is 0 Å². The minimum atomic E-state index is -4.24. The lowest BCUT2D eigenvalue weighted by Gasteiger charge is -2.38. The molecule has 0 aliphatic rings. The third-order valence-electron chi connectivity index (χ3n) is 3.47. The van der Waals surface area contributed by atoms with Crippen molar-refractivity contribution in [2.45, 2.75) is 51.5 Å². The molecule has 2 N–H and O–H groups in total. The van der Waals surface area contributed by atoms with Crippen LogP contribution in [0.3, 0.4) is 0 Å². The summed E-state index contributed by atoms with van der Waals surface area (Å²) in [6.45, 7) is 4.46. The highest BCUT2D eigenvalue weighted by atomic mass is 79.9. The quantitative estimate of drug-likeness (QED) is 0.802. The van der Waals surface area contributed by atoms with Gasteiger partial charge in [-0.1, -0.05) is 35.0 Å². The van der Waals surface area contributed by atoms with E-state index in [9.17, 15) is 13.2 Å². The minimum absolute atomic E-state index is 0.252. The fourth-order valence-corrected chi connectivity index (χ4v) is 2.64. The number of hydrogen-bond donors (Lipinski definition) is 1. The lowest BCUT2D eigenvalue weighted by molar-refractivity contribution is -0.156. The van der Waals surface area contributed by atoms with Gasteiger partial charge in [-0.15, -0.1) is 0 Å². The second kappa shape index (κ2) is 7.61. The summed E-state index contributed by atoms with van der Waals surface area (Å²) in [6.07, 6.45) is -3.63. The number of benzene rings is 1. The largest absolute Gasteiger partial charge is 0.401 e. The second-order valence-electron chi connectivity index (χ2n) is 5.45. The van der Waals surface area contributed by atoms with Crippen LogP contribution >= 0.6 is 15.9 Å². The first-order chi connectivity index (χ1) is 9.65. The summed E-state index contributed by atoms with van der Waals surface area (Å²) in [5.74, 6) is 0. The van der Waals surface area contributed by atoms with Crippen molar-refractivity contribution in [2.75, 3.05) is 6.54 Å². The van der Waals surface area contributed by atoms with Crippen molar-refractivity contribution in [3.8, 4) is 0 Å². The number of halogens is 4. The fourth-order valence-electron chi connectivity index (χ4n) is 2.38. The van der Waals surface area contributed by atoms with Crippen LogP contribution in [-0.2, 0) is 0 Å². The summed E-state index contributed by atoms with van der Waals surface area (Å²) < 4.78 is 39.5. The standard InChI is InChI=1S/C15H22BrF3N2/c1-4-13(20)14(11-5-7-12(16)8-6-11)21(10(2)3)9-15(17,18)19/h5-8,10,13-14H,4,9,20H2,1-3H3. The first-order valence-corrected chi connectivity index (χ1v) is 7.78. The van der Waals surface area contributed by atoms with E-state index in [2.05, 4.69) is 15.9 Å². The van der Waals surface area contributed by atoms with Crippen LogP contribution in [0.5, 0.6) is 0 Å². The Morgan fingerprint density at radius 2 is 1.71 bits per heavy atom. The summed E-state index contributed by atoms with van der Waals surface area (Å²) in [5, 5.41) is 0. The maximum Gasteiger partial charge on any atom is 0.401 e. The lowest BCUT2D eigenvalue weighted by Crippen LogP contribution is -2.48. The zero-order valence-electron chi connectivity index (χ0n) is 12.5. The Balaban J connectivity index is 3.17. The smallest absolute Gasteiger partial charge is 0.326 e. The summed E-state index contributed by atoms with van der Waals surface area (Å²) in [6, 6.07) is 6.26. The number of alkyl halides is 3. The summed E-state index contributed by atoms with van der Waals surface area (Å²) in [5.41, 5.74) is 6.93. The van der Waals surface area contributed by atoms with Gasteiger partial charge < -0.3 is 5.73 Å². The van der Waals surface area contributed by atoms with Crippen LogP contribution in [0.15, 0.2) is 28.7 Å². The molecule has 0 fully saturated rings. The molecule has 0 aliphatic heterocycles. The lowest BCUT2D eigenvalue weighted by atomic mass is 9.95. The molecule has 2 unspecified atom stereocenters. The van der Waals surface area contributed by atoms with Crippen molar-refractivity contribution in [3.05, 3.63) is 34.3 Å². The Kier molecular flexibility index (Phi) is 6.69. The van der Waals surface area contributed by atoms with E-state index in [0.717, 1.165) is 10.0 Å². The van der Waals surface area contributed by atoms with E-state index in [0.29, 0.717) is 6.42 Å². The Labute approximate surface area is 132 Å². The van der Waals surface area contributed by atoms with Gasteiger partial charge in [0.1, 0.15) is 0 Å². The molecule has 120 valence electrons. The van der Waals surface area contributed by atoms with Gasteiger partial charge >= 0.3 is 6.18 Å². The molecule has 2 nitrogen and oxygen atoms in total. The van der Waals surface area contributed by atoms with Crippen LogP contribution < -0.4 is 5.73 Å². The molecule has 2 atom stereocenters. The zero-order chi connectivity index (χ0) is 16.2. The molecule has 0 aromatic heterocycles. The zero-order valence-corrected chi connectivity index (χ0v) is 14.1. The van der Waals surface area contributed by atoms with Crippen LogP contribution in [0, 0.1) is 0 Å². The van der Waals surface area contributed by atoms with Gasteiger partial charge in [0.25, 0.3) is 0 Å². The normalized spacial score (nSPS) is 15.5. The first-order valence-electron chi connectivity index (χ1n) is 6.99. The van der Waals surface area contributed by atoms with Gasteiger partial charge in [-0.2, -0.15) is 13.2 Å². The molecule has 0 radical (unpaired) electrons. The average Bonchev–Trinajstić information content (AvgIpc) is 2.38. The summed E-state index contributed by atoms with van der Waals surface area (Å²) >= 11 is 3.34. The first kappa shape index (κ1) is 18.5. The molecular formula is C15H22BrF3N2. The van der Waals surface area contributed by atoms with Crippen molar-refractivity contribution in [1.29, 1.82) is 0 Å². The monoisotopic (exact) mass is 366 g/mol. The van der Waals surface area contributed by atoms with Crippen molar-refractivity contribution in [2.24, 2.45) is 5.73 Å². The van der Waals surface area contributed by atoms with Crippen molar-refractivity contribution in [1.82, 2.24) is 4.90 Å². The number of rotatable bonds is 6. The van der Waals surface area contributed by atoms with Gasteiger partial charge in [0.15, 0.2) is 0 Å². The SMILES string of the molecule is CCC(N)C(c1ccc(Br)cc1)N(CC(F)(F)F)C(C)C. The van der Waals surface area contributed by atoms with E-state index in [1.54, 1.807) is 13.8 Å². The molecule has 0 heterocycles. The molecule has 6 heteroatoms. The molecular weight excluding hydrogens is 345 g/mol. The van der Waals surface area contributed by atoms with Gasteiger partial charge in [-0.05, 0) is 38.0 Å². The third kappa shape index (κ3) is 5.60. The molecule has 0 saturated heterocycles. The van der Waals surface area contributed by atoms with E-state index in [-0.39, 0.29) is 12.1 Å². The van der Waals surface area contributed by atoms with Crippen molar-refractivity contribution < 1.29 is 13.2 Å². The van der Waals surface area contributed by atoms with Gasteiger partial charge in [-0.3, -0.25) is 4.90 Å². The van der Waals surface area contributed by atoms with Crippen LogP contribution in [-0.4, -0.2) is 29.7 Å². The fraction of sp³-hybridized carbons (Fsp3) is 0.600. The average molecular weight is 367 g/mol. The van der Waals surface area contributed by atoms with E-state index >= 15 is 0 Å². The predicted octanol–water partition coefficient (Wildman–Crippen LogP) is 4.50. The van der Waals surface area contributed by atoms with Crippen LogP contribution in [0.25, 0.3) is 0 Å². The van der Waals surface area contributed by atoms with Crippen LogP contribution in [0.4, 0.5) is 13.2 Å². The molecule has 0 aliphatic carbocycles. The molecule has 0 saturated carbocycles. The summed E-state index contributed by atoms with van der Waals surface area (Å²) in [7, 11) is 0. The van der Waals surface area contributed by atoms with Crippen LogP contribution in [0.2, 0.25) is 0 Å². The minimum Gasteiger partial charge on any atom is -0.326 e. The predicted molar refractivity (Wildman–Crippen MR) is 83.0 cm³/mol. The van der Waals surface area contributed by atoms with Crippen molar-refractivity contribution in [3.63, 3.8) is 0 Å².